The van der Waals surface area contributed by atoms with Crippen LogP contribution in [0.3, 0.4) is 0 Å². The van der Waals surface area contributed by atoms with Gasteiger partial charge >= 0.3 is 5.97 Å². The Morgan fingerprint density at radius 3 is 2.46 bits per heavy atom. The van der Waals surface area contributed by atoms with E-state index in [0.29, 0.717) is 25.4 Å². The molecule has 6 nitrogen and oxygen atoms in total. The highest BCUT2D eigenvalue weighted by molar-refractivity contribution is 5.84. The van der Waals surface area contributed by atoms with Crippen molar-refractivity contribution in [1.82, 2.24) is 5.32 Å². The second-order valence-corrected chi connectivity index (χ2v) is 8.20. The summed E-state index contributed by atoms with van der Waals surface area (Å²) < 4.78 is 10.3. The molecule has 0 spiro atoms. The largest absolute Gasteiger partial charge is 0.497 e. The predicted octanol–water partition coefficient (Wildman–Crippen LogP) is 3.36. The van der Waals surface area contributed by atoms with E-state index in [4.69, 9.17) is 9.47 Å². The molecule has 3 atom stereocenters. The highest BCUT2D eigenvalue weighted by atomic mass is 16.5. The number of carbonyl (C=O) groups is 2. The molecule has 0 aromatic heterocycles. The third kappa shape index (κ3) is 4.66. The van der Waals surface area contributed by atoms with Gasteiger partial charge in [-0.05, 0) is 49.8 Å². The SMILES string of the molecule is COCCC(CC1(C(=O)NC2C[C@H]2c2ccc(OC)cc2)CCCC1)C(=O)O. The molecule has 154 valence electrons. The van der Waals surface area contributed by atoms with Crippen LogP contribution in [0.1, 0.15) is 56.4 Å². The summed E-state index contributed by atoms with van der Waals surface area (Å²) in [5.74, 6) is -0.184. The van der Waals surface area contributed by atoms with Crippen LogP contribution in [0.4, 0.5) is 0 Å². The molecule has 1 amide bonds. The van der Waals surface area contributed by atoms with Crippen LogP contribution in [0.5, 0.6) is 5.75 Å². The number of rotatable bonds is 10. The molecule has 28 heavy (non-hydrogen) atoms. The summed E-state index contributed by atoms with van der Waals surface area (Å²) in [4.78, 5) is 24.9. The first-order valence-electron chi connectivity index (χ1n) is 10.2. The number of hydrogen-bond donors (Lipinski definition) is 2. The molecule has 2 aliphatic carbocycles. The molecule has 1 aromatic rings. The molecule has 2 fully saturated rings. The highest BCUT2D eigenvalue weighted by Gasteiger charge is 2.47. The zero-order valence-electron chi connectivity index (χ0n) is 16.8. The minimum atomic E-state index is -0.835. The third-order valence-corrected chi connectivity index (χ3v) is 6.35. The second-order valence-electron chi connectivity index (χ2n) is 8.20. The van der Waals surface area contributed by atoms with Gasteiger partial charge < -0.3 is 19.9 Å². The van der Waals surface area contributed by atoms with Gasteiger partial charge in [0.15, 0.2) is 0 Å². The molecule has 2 aliphatic rings. The Hall–Kier alpha value is -2.08. The molecule has 0 aliphatic heterocycles. The fraction of sp³-hybridized carbons (Fsp3) is 0.636. The maximum absolute atomic E-state index is 13.2. The Morgan fingerprint density at radius 1 is 1.21 bits per heavy atom. The van der Waals surface area contributed by atoms with Crippen LogP contribution in [0.15, 0.2) is 24.3 Å². The van der Waals surface area contributed by atoms with Gasteiger partial charge in [-0.15, -0.1) is 0 Å². The number of nitrogens with one attached hydrogen (secondary N) is 1. The molecule has 0 saturated heterocycles. The van der Waals surface area contributed by atoms with Gasteiger partial charge in [0.1, 0.15) is 5.75 Å². The Kier molecular flexibility index (Phi) is 6.60. The summed E-state index contributed by atoms with van der Waals surface area (Å²) in [5, 5.41) is 12.8. The van der Waals surface area contributed by atoms with Gasteiger partial charge in [0.05, 0.1) is 18.4 Å². The molecule has 2 unspecified atom stereocenters. The summed E-state index contributed by atoms with van der Waals surface area (Å²) in [6.45, 7) is 0.400. The second kappa shape index (κ2) is 8.95. The number of carbonyl (C=O) groups excluding carboxylic acids is 1. The van der Waals surface area contributed by atoms with Crippen molar-refractivity contribution in [1.29, 1.82) is 0 Å². The summed E-state index contributed by atoms with van der Waals surface area (Å²) >= 11 is 0. The molecule has 0 heterocycles. The number of ether oxygens (including phenoxy) is 2. The summed E-state index contributed by atoms with van der Waals surface area (Å²) in [7, 11) is 3.22. The van der Waals surface area contributed by atoms with Crippen LogP contribution in [-0.2, 0) is 14.3 Å². The highest BCUT2D eigenvalue weighted by Crippen LogP contribution is 2.47. The summed E-state index contributed by atoms with van der Waals surface area (Å²) in [6, 6.07) is 8.12. The van der Waals surface area contributed by atoms with Crippen molar-refractivity contribution in [3.63, 3.8) is 0 Å². The smallest absolute Gasteiger partial charge is 0.306 e. The van der Waals surface area contributed by atoms with Crippen molar-refractivity contribution >= 4 is 11.9 Å². The van der Waals surface area contributed by atoms with Gasteiger partial charge in [0, 0.05) is 25.7 Å². The lowest BCUT2D eigenvalue weighted by Gasteiger charge is -2.30. The molecule has 3 rings (SSSR count). The normalized spacial score (nSPS) is 23.8. The minimum Gasteiger partial charge on any atom is -0.497 e. The van der Waals surface area contributed by atoms with Gasteiger partial charge in [0.2, 0.25) is 5.91 Å². The lowest BCUT2D eigenvalue weighted by Crippen LogP contribution is -2.43. The number of aliphatic carboxylic acids is 1. The first-order chi connectivity index (χ1) is 13.5. The van der Waals surface area contributed by atoms with Crippen molar-refractivity contribution in [3.05, 3.63) is 29.8 Å². The van der Waals surface area contributed by atoms with Gasteiger partial charge in [-0.3, -0.25) is 9.59 Å². The van der Waals surface area contributed by atoms with E-state index in [1.165, 1.54) is 5.56 Å². The van der Waals surface area contributed by atoms with Crippen molar-refractivity contribution in [3.8, 4) is 5.75 Å². The number of carboxylic acid groups (broad SMARTS) is 1. The minimum absolute atomic E-state index is 0.0367. The fourth-order valence-corrected chi connectivity index (χ4v) is 4.52. The van der Waals surface area contributed by atoms with Gasteiger partial charge in [-0.2, -0.15) is 0 Å². The number of carboxylic acids is 1. The van der Waals surface area contributed by atoms with E-state index in [0.717, 1.165) is 37.9 Å². The Labute approximate surface area is 166 Å². The maximum atomic E-state index is 13.2. The first kappa shape index (κ1) is 20.6. The van der Waals surface area contributed by atoms with E-state index >= 15 is 0 Å². The van der Waals surface area contributed by atoms with E-state index < -0.39 is 17.3 Å². The van der Waals surface area contributed by atoms with Gasteiger partial charge in [-0.25, -0.2) is 0 Å². The van der Waals surface area contributed by atoms with E-state index in [1.807, 2.05) is 24.3 Å². The summed E-state index contributed by atoms with van der Waals surface area (Å²) in [5.41, 5.74) is 0.652. The van der Waals surface area contributed by atoms with Crippen molar-refractivity contribution in [2.45, 2.75) is 56.9 Å². The quantitative estimate of drug-likeness (QED) is 0.641. The lowest BCUT2D eigenvalue weighted by molar-refractivity contribution is -0.145. The van der Waals surface area contributed by atoms with Crippen LogP contribution in [0.25, 0.3) is 0 Å². The van der Waals surface area contributed by atoms with E-state index in [2.05, 4.69) is 5.32 Å². The average molecular weight is 389 g/mol. The van der Waals surface area contributed by atoms with Crippen LogP contribution < -0.4 is 10.1 Å². The molecular weight excluding hydrogens is 358 g/mol. The molecular formula is C22H31NO5. The molecule has 0 radical (unpaired) electrons. The monoisotopic (exact) mass is 389 g/mol. The number of hydrogen-bond acceptors (Lipinski definition) is 4. The van der Waals surface area contributed by atoms with Crippen molar-refractivity contribution in [2.24, 2.45) is 11.3 Å². The van der Waals surface area contributed by atoms with Crippen LogP contribution in [0, 0.1) is 11.3 Å². The molecule has 1 aromatic carbocycles. The number of benzene rings is 1. The lowest BCUT2D eigenvalue weighted by atomic mass is 9.76. The Bertz CT molecular complexity index is 681. The number of methoxy groups -OCH3 is 2. The Balaban J connectivity index is 1.62. The predicted molar refractivity (Wildman–Crippen MR) is 105 cm³/mol. The van der Waals surface area contributed by atoms with E-state index in [1.54, 1.807) is 14.2 Å². The van der Waals surface area contributed by atoms with E-state index in [-0.39, 0.29) is 11.9 Å². The zero-order chi connectivity index (χ0) is 20.1. The van der Waals surface area contributed by atoms with Gasteiger partial charge in [-0.1, -0.05) is 25.0 Å². The average Bonchev–Trinajstić information content (AvgIpc) is 3.29. The van der Waals surface area contributed by atoms with Crippen molar-refractivity contribution in [2.75, 3.05) is 20.8 Å². The molecule has 6 heteroatoms. The Morgan fingerprint density at radius 2 is 1.89 bits per heavy atom. The molecule has 2 saturated carbocycles. The van der Waals surface area contributed by atoms with Crippen LogP contribution in [-0.4, -0.2) is 43.9 Å². The number of amides is 1. The summed E-state index contributed by atoms with van der Waals surface area (Å²) in [6.07, 6.45) is 5.29. The zero-order valence-corrected chi connectivity index (χ0v) is 16.8. The molecule has 0 bridgehead atoms. The third-order valence-electron chi connectivity index (χ3n) is 6.35. The van der Waals surface area contributed by atoms with Crippen molar-refractivity contribution < 1.29 is 24.2 Å². The molecule has 2 N–H and O–H groups in total. The fourth-order valence-electron chi connectivity index (χ4n) is 4.52. The van der Waals surface area contributed by atoms with E-state index in [9.17, 15) is 14.7 Å². The first-order valence-corrected chi connectivity index (χ1v) is 10.2. The van der Waals surface area contributed by atoms with Crippen LogP contribution >= 0.6 is 0 Å². The van der Waals surface area contributed by atoms with Gasteiger partial charge in [0.25, 0.3) is 0 Å². The maximum Gasteiger partial charge on any atom is 0.306 e. The topological polar surface area (TPSA) is 84.9 Å². The standard InChI is InChI=1S/C22H31NO5/c1-27-12-9-16(20(24)25)14-22(10-3-4-11-22)21(26)23-19-13-18(19)15-5-7-17(28-2)8-6-15/h5-8,16,18-19H,3-4,9-14H2,1-2H3,(H,23,26)(H,24,25)/t16?,18-,19?/m0/s1. The van der Waals surface area contributed by atoms with Crippen LogP contribution in [0.2, 0.25) is 0 Å².